The quantitative estimate of drug-likeness (QED) is 0.709. The highest BCUT2D eigenvalue weighted by Gasteiger charge is 2.36. The molecule has 1 aromatic rings. The van der Waals surface area contributed by atoms with Crippen molar-refractivity contribution < 1.29 is 28.5 Å². The van der Waals surface area contributed by atoms with Gasteiger partial charge in [0, 0.05) is 31.9 Å². The van der Waals surface area contributed by atoms with Gasteiger partial charge in [0.2, 0.25) is 0 Å². The highest BCUT2D eigenvalue weighted by Crippen LogP contribution is 2.35. The number of pyridine rings is 1. The number of likely N-dealkylation sites (tertiary alicyclic amines) is 1. The lowest BCUT2D eigenvalue weighted by molar-refractivity contribution is -0.140. The van der Waals surface area contributed by atoms with Gasteiger partial charge in [0.25, 0.3) is 0 Å². The number of hydrogen-bond donors (Lipinski definition) is 3. The van der Waals surface area contributed by atoms with Crippen LogP contribution in [0.3, 0.4) is 0 Å². The molecule has 2 aliphatic rings. The molecule has 0 saturated carbocycles. The van der Waals surface area contributed by atoms with E-state index in [1.165, 1.54) is 12.3 Å². The van der Waals surface area contributed by atoms with Crippen LogP contribution in [0.2, 0.25) is 0 Å². The first-order chi connectivity index (χ1) is 12.7. The zero-order valence-corrected chi connectivity index (χ0v) is 15.4. The predicted molar refractivity (Wildman–Crippen MR) is 95.4 cm³/mol. The van der Waals surface area contributed by atoms with Crippen molar-refractivity contribution in [1.82, 2.24) is 9.88 Å². The molecule has 1 unspecified atom stereocenters. The Morgan fingerprint density at radius 2 is 1.81 bits per heavy atom. The van der Waals surface area contributed by atoms with Gasteiger partial charge >= 0.3 is 6.18 Å². The van der Waals surface area contributed by atoms with Crippen LogP contribution in [0.1, 0.15) is 31.4 Å². The van der Waals surface area contributed by atoms with Gasteiger partial charge in [-0.05, 0) is 44.9 Å². The zero-order chi connectivity index (χ0) is 20.0. The van der Waals surface area contributed by atoms with E-state index < -0.39 is 24.1 Å². The highest BCUT2D eigenvalue weighted by molar-refractivity contribution is 5.51. The summed E-state index contributed by atoms with van der Waals surface area (Å²) < 4.78 is 38.1. The maximum absolute atomic E-state index is 12.7. The number of rotatable bonds is 2. The molecule has 154 valence electrons. The molecule has 6 nitrogen and oxygen atoms in total. The van der Waals surface area contributed by atoms with Crippen LogP contribution in [0.25, 0.3) is 0 Å². The highest BCUT2D eigenvalue weighted by atomic mass is 19.4. The van der Waals surface area contributed by atoms with Crippen LogP contribution in [0, 0.1) is 0 Å². The van der Waals surface area contributed by atoms with E-state index in [0.717, 1.165) is 19.3 Å². The van der Waals surface area contributed by atoms with Crippen LogP contribution in [0.4, 0.5) is 18.9 Å². The SMILES string of the molecule is CN1C[C@H](O)C(O)C[C@@H]1CO.FC(F)(F)c1ncccc1N1CCCCC1. The van der Waals surface area contributed by atoms with E-state index in [4.69, 9.17) is 5.11 Å². The standard InChI is InChI=1S/C11H13F3N2.C7H15NO3/c12-11(13,14)10-9(5-4-6-15-10)16-7-2-1-3-8-16;1-8-3-7(11)6(10)2-5(8)4-9/h4-6H,1-3,7-8H2;5-7,9-11H,2-4H2,1H3/t;5-,6?,7+/m.1/s1. The smallest absolute Gasteiger partial charge is 0.395 e. The summed E-state index contributed by atoms with van der Waals surface area (Å²) in [6.07, 6.45) is -1.07. The molecule has 0 amide bonds. The largest absolute Gasteiger partial charge is 0.435 e. The first-order valence-corrected chi connectivity index (χ1v) is 9.18. The summed E-state index contributed by atoms with van der Waals surface area (Å²) >= 11 is 0. The summed E-state index contributed by atoms with van der Waals surface area (Å²) in [6.45, 7) is 1.86. The summed E-state index contributed by atoms with van der Waals surface area (Å²) in [7, 11) is 1.83. The summed E-state index contributed by atoms with van der Waals surface area (Å²) in [4.78, 5) is 7.09. The van der Waals surface area contributed by atoms with E-state index in [-0.39, 0.29) is 18.3 Å². The molecule has 0 spiro atoms. The molecule has 2 saturated heterocycles. The number of nitrogens with zero attached hydrogens (tertiary/aromatic N) is 3. The average molecular weight is 391 g/mol. The van der Waals surface area contributed by atoms with Crippen molar-refractivity contribution in [3.63, 3.8) is 0 Å². The number of likely N-dealkylation sites (N-methyl/N-ethyl adjacent to an activating group) is 1. The van der Waals surface area contributed by atoms with Gasteiger partial charge in [0.05, 0.1) is 24.5 Å². The third kappa shape index (κ3) is 6.03. The predicted octanol–water partition coefficient (Wildman–Crippen LogP) is 1.50. The van der Waals surface area contributed by atoms with Gasteiger partial charge in [-0.2, -0.15) is 13.2 Å². The molecule has 2 aliphatic heterocycles. The number of aliphatic hydroxyl groups is 3. The minimum Gasteiger partial charge on any atom is -0.395 e. The molecule has 9 heteroatoms. The third-order valence-electron chi connectivity index (χ3n) is 5.02. The molecular weight excluding hydrogens is 363 g/mol. The Bertz CT molecular complexity index is 582. The average Bonchev–Trinajstić information content (AvgIpc) is 2.65. The van der Waals surface area contributed by atoms with Gasteiger partial charge in [0.1, 0.15) is 0 Å². The van der Waals surface area contributed by atoms with Crippen LogP contribution in [0.15, 0.2) is 18.3 Å². The molecule has 0 aromatic carbocycles. The molecule has 3 heterocycles. The number of aromatic nitrogens is 1. The Balaban J connectivity index is 0.000000208. The molecule has 0 aliphatic carbocycles. The number of β-amino-alcohol motifs (C(OH)–C–C–N with tert-alkyl or cyclic N) is 1. The third-order valence-corrected chi connectivity index (χ3v) is 5.02. The minimum atomic E-state index is -4.37. The molecule has 3 atom stereocenters. The van der Waals surface area contributed by atoms with E-state index in [9.17, 15) is 23.4 Å². The molecule has 2 fully saturated rings. The Morgan fingerprint density at radius 1 is 1.15 bits per heavy atom. The van der Waals surface area contributed by atoms with E-state index in [1.807, 2.05) is 11.9 Å². The van der Waals surface area contributed by atoms with Crippen molar-refractivity contribution in [2.45, 2.75) is 50.1 Å². The van der Waals surface area contributed by atoms with E-state index in [1.54, 1.807) is 11.0 Å². The molecule has 3 rings (SSSR count). The zero-order valence-electron chi connectivity index (χ0n) is 15.4. The van der Waals surface area contributed by atoms with E-state index in [0.29, 0.717) is 26.1 Å². The van der Waals surface area contributed by atoms with Crippen LogP contribution >= 0.6 is 0 Å². The maximum Gasteiger partial charge on any atom is 0.435 e. The molecule has 0 radical (unpaired) electrons. The van der Waals surface area contributed by atoms with Crippen LogP contribution < -0.4 is 4.90 Å². The normalized spacial score (nSPS) is 27.1. The molecule has 1 aromatic heterocycles. The number of halogens is 3. The summed E-state index contributed by atoms with van der Waals surface area (Å²) in [5.41, 5.74) is -0.549. The first-order valence-electron chi connectivity index (χ1n) is 9.18. The molecular formula is C18H28F3N3O3. The second-order valence-electron chi connectivity index (χ2n) is 7.06. The minimum absolute atomic E-state index is 0.00611. The van der Waals surface area contributed by atoms with Crippen LogP contribution in [-0.4, -0.2) is 76.7 Å². The van der Waals surface area contributed by atoms with Gasteiger partial charge < -0.3 is 20.2 Å². The number of piperidine rings is 2. The summed E-state index contributed by atoms with van der Waals surface area (Å²) in [6, 6.07) is 3.05. The second kappa shape index (κ2) is 9.68. The van der Waals surface area contributed by atoms with Crippen molar-refractivity contribution in [3.05, 3.63) is 24.0 Å². The molecule has 0 bridgehead atoms. The topological polar surface area (TPSA) is 80.1 Å². The monoisotopic (exact) mass is 391 g/mol. The van der Waals surface area contributed by atoms with Crippen LogP contribution in [-0.2, 0) is 6.18 Å². The fraction of sp³-hybridized carbons (Fsp3) is 0.722. The number of alkyl halides is 3. The summed E-state index contributed by atoms with van der Waals surface area (Å²) in [5.74, 6) is 0. The van der Waals surface area contributed by atoms with Crippen molar-refractivity contribution in [1.29, 1.82) is 0 Å². The second-order valence-corrected chi connectivity index (χ2v) is 7.06. The van der Waals surface area contributed by atoms with Crippen molar-refractivity contribution >= 4 is 5.69 Å². The Labute approximate surface area is 157 Å². The summed E-state index contributed by atoms with van der Waals surface area (Å²) in [5, 5.41) is 27.2. The van der Waals surface area contributed by atoms with Crippen molar-refractivity contribution in [3.8, 4) is 0 Å². The lowest BCUT2D eigenvalue weighted by Crippen LogP contribution is -2.51. The van der Waals surface area contributed by atoms with Crippen molar-refractivity contribution in [2.24, 2.45) is 0 Å². The fourth-order valence-corrected chi connectivity index (χ4v) is 3.40. The Morgan fingerprint density at radius 3 is 2.41 bits per heavy atom. The van der Waals surface area contributed by atoms with Gasteiger partial charge in [-0.1, -0.05) is 0 Å². The Kier molecular flexibility index (Phi) is 7.84. The lowest BCUT2D eigenvalue weighted by atomic mass is 9.98. The van der Waals surface area contributed by atoms with E-state index in [2.05, 4.69) is 4.98 Å². The van der Waals surface area contributed by atoms with Gasteiger partial charge in [-0.3, -0.25) is 4.90 Å². The molecule has 27 heavy (non-hydrogen) atoms. The number of hydrogen-bond acceptors (Lipinski definition) is 6. The fourth-order valence-electron chi connectivity index (χ4n) is 3.40. The molecule has 3 N–H and O–H groups in total. The van der Waals surface area contributed by atoms with Crippen LogP contribution in [0.5, 0.6) is 0 Å². The van der Waals surface area contributed by atoms with Gasteiger partial charge in [-0.25, -0.2) is 4.98 Å². The number of anilines is 1. The Hall–Kier alpha value is -1.42. The van der Waals surface area contributed by atoms with Gasteiger partial charge in [0.15, 0.2) is 5.69 Å². The van der Waals surface area contributed by atoms with Crippen molar-refractivity contribution in [2.75, 3.05) is 38.2 Å². The van der Waals surface area contributed by atoms with Gasteiger partial charge in [-0.15, -0.1) is 0 Å². The lowest BCUT2D eigenvalue weighted by Gasteiger charge is -2.37. The number of aliphatic hydroxyl groups excluding tert-OH is 3. The maximum atomic E-state index is 12.7. The van der Waals surface area contributed by atoms with E-state index >= 15 is 0 Å². The first kappa shape index (κ1) is 21.9.